The van der Waals surface area contributed by atoms with Crippen molar-refractivity contribution in [3.8, 4) is 0 Å². The molecule has 3 nitrogen and oxygen atoms in total. The van der Waals surface area contributed by atoms with Crippen LogP contribution in [0, 0.1) is 0 Å². The van der Waals surface area contributed by atoms with Crippen molar-refractivity contribution < 1.29 is 4.79 Å². The monoisotopic (exact) mass is 266 g/mol. The molecule has 0 spiro atoms. The number of benzene rings is 1. The van der Waals surface area contributed by atoms with Crippen LogP contribution >= 0.6 is 11.6 Å². The summed E-state index contributed by atoms with van der Waals surface area (Å²) in [6.07, 6.45) is 3.90. The Labute approximate surface area is 113 Å². The fourth-order valence-corrected chi connectivity index (χ4v) is 2.52. The molecule has 1 saturated heterocycles. The fourth-order valence-electron chi connectivity index (χ4n) is 2.26. The minimum atomic E-state index is 0.242. The van der Waals surface area contributed by atoms with Crippen LogP contribution in [0.2, 0.25) is 5.02 Å². The lowest BCUT2D eigenvalue weighted by Gasteiger charge is -2.21. The molecule has 18 heavy (non-hydrogen) atoms. The molecule has 1 aromatic carbocycles. The van der Waals surface area contributed by atoms with E-state index in [1.54, 1.807) is 0 Å². The van der Waals surface area contributed by atoms with Gasteiger partial charge in [0.15, 0.2) is 0 Å². The first-order chi connectivity index (χ1) is 8.70. The van der Waals surface area contributed by atoms with Crippen LogP contribution < -0.4 is 5.73 Å². The average molecular weight is 267 g/mol. The van der Waals surface area contributed by atoms with Crippen LogP contribution in [-0.4, -0.2) is 17.4 Å². The molecule has 1 aliphatic rings. The second-order valence-electron chi connectivity index (χ2n) is 4.76. The van der Waals surface area contributed by atoms with Gasteiger partial charge in [-0.15, -0.1) is 0 Å². The molecule has 0 unspecified atom stereocenters. The van der Waals surface area contributed by atoms with Crippen LogP contribution in [0.1, 0.15) is 36.8 Å². The third kappa shape index (κ3) is 3.24. The molecule has 1 aromatic rings. The van der Waals surface area contributed by atoms with Crippen LogP contribution in [0.15, 0.2) is 18.2 Å². The first kappa shape index (κ1) is 13.4. The number of halogens is 1. The summed E-state index contributed by atoms with van der Waals surface area (Å²) < 4.78 is 0. The summed E-state index contributed by atoms with van der Waals surface area (Å²) >= 11 is 6.22. The first-order valence-corrected chi connectivity index (χ1v) is 6.83. The Morgan fingerprint density at radius 1 is 1.28 bits per heavy atom. The molecule has 0 bridgehead atoms. The fraction of sp³-hybridized carbons (Fsp3) is 0.500. The predicted octanol–water partition coefficient (Wildman–Crippen LogP) is 2.70. The third-order valence-electron chi connectivity index (χ3n) is 3.39. The Kier molecular flexibility index (Phi) is 4.61. The maximum atomic E-state index is 11.9. The number of amides is 1. The van der Waals surface area contributed by atoms with Crippen LogP contribution in [-0.2, 0) is 17.9 Å². The Hall–Kier alpha value is -1.06. The largest absolute Gasteiger partial charge is 0.338 e. The number of nitrogens with two attached hydrogens (primary N) is 1. The van der Waals surface area contributed by atoms with Gasteiger partial charge in [-0.2, -0.15) is 0 Å². The number of carbonyl (C=O) groups is 1. The number of likely N-dealkylation sites (tertiary alicyclic amines) is 1. The van der Waals surface area contributed by atoms with Crippen molar-refractivity contribution in [2.45, 2.75) is 38.8 Å². The lowest BCUT2D eigenvalue weighted by molar-refractivity contribution is -0.131. The van der Waals surface area contributed by atoms with E-state index in [2.05, 4.69) is 0 Å². The van der Waals surface area contributed by atoms with Crippen molar-refractivity contribution in [2.75, 3.05) is 6.54 Å². The third-order valence-corrected chi connectivity index (χ3v) is 3.74. The maximum absolute atomic E-state index is 11.9. The number of hydrogen-bond acceptors (Lipinski definition) is 2. The molecule has 0 radical (unpaired) electrons. The molecule has 0 aromatic heterocycles. The number of hydrogen-bond donors (Lipinski definition) is 1. The van der Waals surface area contributed by atoms with Gasteiger partial charge in [-0.3, -0.25) is 4.79 Å². The first-order valence-electron chi connectivity index (χ1n) is 6.46. The molecular weight excluding hydrogens is 248 g/mol. The van der Waals surface area contributed by atoms with E-state index in [-0.39, 0.29) is 5.91 Å². The molecule has 1 fully saturated rings. The highest BCUT2D eigenvalue weighted by molar-refractivity contribution is 6.31. The van der Waals surface area contributed by atoms with Gasteiger partial charge in [-0.1, -0.05) is 30.2 Å². The standard InChI is InChI=1S/C14H19ClN2O/c15-13-8-11(9-16)5-6-12(13)10-17-7-3-1-2-4-14(17)18/h5-6,8H,1-4,7,9-10,16H2. The SMILES string of the molecule is NCc1ccc(CN2CCCCCC2=O)c(Cl)c1. The van der Waals surface area contributed by atoms with Gasteiger partial charge in [0.1, 0.15) is 0 Å². The molecule has 0 saturated carbocycles. The minimum absolute atomic E-state index is 0.242. The van der Waals surface area contributed by atoms with Gasteiger partial charge >= 0.3 is 0 Å². The molecule has 0 atom stereocenters. The molecular formula is C14H19ClN2O. The van der Waals surface area contributed by atoms with E-state index >= 15 is 0 Å². The topological polar surface area (TPSA) is 46.3 Å². The molecule has 98 valence electrons. The zero-order valence-electron chi connectivity index (χ0n) is 10.5. The molecule has 1 amide bonds. The van der Waals surface area contributed by atoms with E-state index < -0.39 is 0 Å². The van der Waals surface area contributed by atoms with Gasteiger partial charge in [0.05, 0.1) is 0 Å². The lowest BCUT2D eigenvalue weighted by Crippen LogP contribution is -2.29. The van der Waals surface area contributed by atoms with E-state index in [1.807, 2.05) is 23.1 Å². The van der Waals surface area contributed by atoms with E-state index in [4.69, 9.17) is 17.3 Å². The summed E-state index contributed by atoms with van der Waals surface area (Å²) in [7, 11) is 0. The van der Waals surface area contributed by atoms with E-state index in [9.17, 15) is 4.79 Å². The minimum Gasteiger partial charge on any atom is -0.338 e. The van der Waals surface area contributed by atoms with Crippen LogP contribution in [0.4, 0.5) is 0 Å². The summed E-state index contributed by atoms with van der Waals surface area (Å²) in [5, 5.41) is 0.704. The molecule has 2 N–H and O–H groups in total. The summed E-state index contributed by atoms with van der Waals surface area (Å²) in [5.41, 5.74) is 7.60. The molecule has 1 heterocycles. The predicted molar refractivity (Wildman–Crippen MR) is 73.2 cm³/mol. The van der Waals surface area contributed by atoms with Crippen molar-refractivity contribution in [3.05, 3.63) is 34.3 Å². The maximum Gasteiger partial charge on any atom is 0.222 e. The van der Waals surface area contributed by atoms with Crippen molar-refractivity contribution in [3.63, 3.8) is 0 Å². The quantitative estimate of drug-likeness (QED) is 0.914. The summed E-state index contributed by atoms with van der Waals surface area (Å²) in [4.78, 5) is 13.8. The highest BCUT2D eigenvalue weighted by Gasteiger charge is 2.17. The smallest absolute Gasteiger partial charge is 0.222 e. The van der Waals surface area contributed by atoms with E-state index in [0.717, 1.165) is 36.9 Å². The zero-order chi connectivity index (χ0) is 13.0. The Morgan fingerprint density at radius 2 is 2.11 bits per heavy atom. The molecule has 2 rings (SSSR count). The number of rotatable bonds is 3. The normalized spacial score (nSPS) is 16.8. The molecule has 0 aliphatic carbocycles. The second kappa shape index (κ2) is 6.21. The van der Waals surface area contributed by atoms with Crippen molar-refractivity contribution in [1.82, 2.24) is 4.90 Å². The van der Waals surface area contributed by atoms with Gasteiger partial charge < -0.3 is 10.6 Å². The van der Waals surface area contributed by atoms with Gasteiger partial charge in [0.2, 0.25) is 5.91 Å². The summed E-state index contributed by atoms with van der Waals surface area (Å²) in [5.74, 6) is 0.242. The number of nitrogens with zero attached hydrogens (tertiary/aromatic N) is 1. The van der Waals surface area contributed by atoms with Crippen LogP contribution in [0.3, 0.4) is 0 Å². The summed E-state index contributed by atoms with van der Waals surface area (Å²) in [6, 6.07) is 5.84. The van der Waals surface area contributed by atoms with Crippen LogP contribution in [0.25, 0.3) is 0 Å². The highest BCUT2D eigenvalue weighted by atomic mass is 35.5. The van der Waals surface area contributed by atoms with Gasteiger partial charge in [0, 0.05) is 31.1 Å². The lowest BCUT2D eigenvalue weighted by atomic mass is 10.1. The Bertz CT molecular complexity index is 434. The molecule has 1 aliphatic heterocycles. The van der Waals surface area contributed by atoms with Gasteiger partial charge in [0.25, 0.3) is 0 Å². The van der Waals surface area contributed by atoms with Crippen molar-refractivity contribution in [1.29, 1.82) is 0 Å². The second-order valence-corrected chi connectivity index (χ2v) is 5.16. The van der Waals surface area contributed by atoms with Gasteiger partial charge in [-0.25, -0.2) is 0 Å². The van der Waals surface area contributed by atoms with Crippen molar-refractivity contribution >= 4 is 17.5 Å². The Morgan fingerprint density at radius 3 is 2.83 bits per heavy atom. The van der Waals surface area contributed by atoms with Crippen molar-refractivity contribution in [2.24, 2.45) is 5.73 Å². The van der Waals surface area contributed by atoms with E-state index in [0.29, 0.717) is 24.5 Å². The van der Waals surface area contributed by atoms with Gasteiger partial charge in [-0.05, 0) is 30.0 Å². The average Bonchev–Trinajstić information content (AvgIpc) is 2.57. The Balaban J connectivity index is 2.10. The van der Waals surface area contributed by atoms with E-state index in [1.165, 1.54) is 0 Å². The molecule has 4 heteroatoms. The van der Waals surface area contributed by atoms with Crippen LogP contribution in [0.5, 0.6) is 0 Å². The summed E-state index contributed by atoms with van der Waals surface area (Å²) in [6.45, 7) is 1.94. The zero-order valence-corrected chi connectivity index (χ0v) is 11.2. The highest BCUT2D eigenvalue weighted by Crippen LogP contribution is 2.21. The number of carbonyl (C=O) groups excluding carboxylic acids is 1.